The predicted molar refractivity (Wildman–Crippen MR) is 99.5 cm³/mol. The number of nitrogens with one attached hydrogen (secondary N) is 1. The fourth-order valence-electron chi connectivity index (χ4n) is 3.37. The average molecular weight is 339 g/mol. The minimum atomic E-state index is 0.449. The van der Waals surface area contributed by atoms with Crippen LogP contribution in [0.1, 0.15) is 25.0 Å². The van der Waals surface area contributed by atoms with E-state index in [2.05, 4.69) is 39.6 Å². The van der Waals surface area contributed by atoms with Crippen LogP contribution in [0.3, 0.4) is 0 Å². The highest BCUT2D eigenvalue weighted by molar-refractivity contribution is 5.59. The molecule has 4 rings (SSSR count). The molecule has 1 aliphatic carbocycles. The van der Waals surface area contributed by atoms with Gasteiger partial charge in [0.1, 0.15) is 5.82 Å². The molecule has 1 saturated heterocycles. The number of ether oxygens (including phenoxy) is 1. The van der Waals surface area contributed by atoms with Crippen molar-refractivity contribution in [2.45, 2.75) is 32.2 Å². The zero-order valence-electron chi connectivity index (χ0n) is 14.7. The van der Waals surface area contributed by atoms with Gasteiger partial charge in [-0.1, -0.05) is 12.2 Å². The van der Waals surface area contributed by atoms with E-state index in [1.54, 1.807) is 0 Å². The van der Waals surface area contributed by atoms with Gasteiger partial charge in [0.15, 0.2) is 5.82 Å². The quantitative estimate of drug-likeness (QED) is 0.868. The standard InChI is InChI=1S/C19H25N5O/c1-15-7-8-24(22-15)19-14-17(23-9-11-25-12-10-23)13-18(21-19)20-16-5-3-2-4-6-16/h2-3,7-8,13-14,16H,4-6,9-12H2,1H3,(H,20,21). The summed E-state index contributed by atoms with van der Waals surface area (Å²) in [6, 6.07) is 6.72. The SMILES string of the molecule is Cc1ccn(-c2cc(N3CCOCC3)cc(NC3CC=CCC3)n2)n1. The molecule has 0 aromatic carbocycles. The topological polar surface area (TPSA) is 55.2 Å². The number of morpholine rings is 1. The summed E-state index contributed by atoms with van der Waals surface area (Å²) in [5.74, 6) is 1.78. The molecule has 0 saturated carbocycles. The summed E-state index contributed by atoms with van der Waals surface area (Å²) in [4.78, 5) is 7.17. The van der Waals surface area contributed by atoms with E-state index in [0.29, 0.717) is 6.04 Å². The van der Waals surface area contributed by atoms with Crippen LogP contribution < -0.4 is 10.2 Å². The molecule has 0 amide bonds. The Bertz CT molecular complexity index is 748. The number of rotatable bonds is 4. The largest absolute Gasteiger partial charge is 0.378 e. The predicted octanol–water partition coefficient (Wildman–Crippen LogP) is 2.93. The number of allylic oxidation sites excluding steroid dienone is 1. The van der Waals surface area contributed by atoms with E-state index in [-0.39, 0.29) is 0 Å². The third-order valence-corrected chi connectivity index (χ3v) is 4.75. The summed E-state index contributed by atoms with van der Waals surface area (Å²) in [6.45, 7) is 5.36. The molecule has 132 valence electrons. The highest BCUT2D eigenvalue weighted by Gasteiger charge is 2.16. The molecule has 1 fully saturated rings. The fourth-order valence-corrected chi connectivity index (χ4v) is 3.37. The van der Waals surface area contributed by atoms with E-state index in [0.717, 1.165) is 62.9 Å². The maximum atomic E-state index is 5.49. The average Bonchev–Trinajstić information content (AvgIpc) is 3.10. The lowest BCUT2D eigenvalue weighted by molar-refractivity contribution is 0.122. The van der Waals surface area contributed by atoms with Crippen LogP contribution in [0.2, 0.25) is 0 Å². The summed E-state index contributed by atoms with van der Waals surface area (Å²) < 4.78 is 7.35. The van der Waals surface area contributed by atoms with E-state index in [9.17, 15) is 0 Å². The maximum absolute atomic E-state index is 5.49. The molecule has 0 radical (unpaired) electrons. The van der Waals surface area contributed by atoms with Crippen LogP contribution in [0.4, 0.5) is 11.5 Å². The zero-order chi connectivity index (χ0) is 17.1. The molecule has 6 heteroatoms. The van der Waals surface area contributed by atoms with Gasteiger partial charge in [-0.05, 0) is 32.3 Å². The highest BCUT2D eigenvalue weighted by Crippen LogP contribution is 2.25. The number of pyridine rings is 1. The van der Waals surface area contributed by atoms with Gasteiger partial charge in [0.25, 0.3) is 0 Å². The van der Waals surface area contributed by atoms with Gasteiger partial charge in [0.2, 0.25) is 0 Å². The van der Waals surface area contributed by atoms with Crippen LogP contribution in [0.25, 0.3) is 5.82 Å². The van der Waals surface area contributed by atoms with Crippen molar-refractivity contribution < 1.29 is 4.74 Å². The summed E-state index contributed by atoms with van der Waals surface area (Å²) in [7, 11) is 0. The van der Waals surface area contributed by atoms with Gasteiger partial charge < -0.3 is 15.0 Å². The maximum Gasteiger partial charge on any atom is 0.157 e. The van der Waals surface area contributed by atoms with E-state index < -0.39 is 0 Å². The van der Waals surface area contributed by atoms with Crippen molar-refractivity contribution in [3.8, 4) is 5.82 Å². The van der Waals surface area contributed by atoms with Crippen molar-refractivity contribution in [3.05, 3.63) is 42.2 Å². The second-order valence-corrected chi connectivity index (χ2v) is 6.70. The molecule has 6 nitrogen and oxygen atoms in total. The highest BCUT2D eigenvalue weighted by atomic mass is 16.5. The Morgan fingerprint density at radius 3 is 2.80 bits per heavy atom. The molecular formula is C19H25N5O. The molecule has 0 bridgehead atoms. The number of anilines is 2. The van der Waals surface area contributed by atoms with Gasteiger partial charge >= 0.3 is 0 Å². The second-order valence-electron chi connectivity index (χ2n) is 6.70. The second kappa shape index (κ2) is 7.27. The first-order valence-electron chi connectivity index (χ1n) is 9.07. The Kier molecular flexibility index (Phi) is 4.70. The first kappa shape index (κ1) is 16.1. The minimum Gasteiger partial charge on any atom is -0.378 e. The molecule has 1 atom stereocenters. The third-order valence-electron chi connectivity index (χ3n) is 4.75. The Hall–Kier alpha value is -2.34. The number of hydrogen-bond donors (Lipinski definition) is 1. The molecule has 1 unspecified atom stereocenters. The first-order valence-corrected chi connectivity index (χ1v) is 9.07. The summed E-state index contributed by atoms with van der Waals surface area (Å²) >= 11 is 0. The first-order chi connectivity index (χ1) is 12.3. The smallest absolute Gasteiger partial charge is 0.157 e. The van der Waals surface area contributed by atoms with Crippen molar-refractivity contribution in [1.82, 2.24) is 14.8 Å². The van der Waals surface area contributed by atoms with Crippen molar-refractivity contribution in [1.29, 1.82) is 0 Å². The zero-order valence-corrected chi connectivity index (χ0v) is 14.7. The molecule has 1 N–H and O–H groups in total. The molecule has 0 spiro atoms. The van der Waals surface area contributed by atoms with Crippen molar-refractivity contribution in [2.75, 3.05) is 36.5 Å². The monoisotopic (exact) mass is 339 g/mol. The number of hydrogen-bond acceptors (Lipinski definition) is 5. The number of nitrogens with zero attached hydrogens (tertiary/aromatic N) is 4. The molecule has 2 aromatic rings. The molecule has 1 aliphatic heterocycles. The summed E-state index contributed by atoms with van der Waals surface area (Å²) in [5, 5.41) is 8.14. The van der Waals surface area contributed by atoms with E-state index >= 15 is 0 Å². The van der Waals surface area contributed by atoms with Gasteiger partial charge in [-0.3, -0.25) is 0 Å². The third kappa shape index (κ3) is 3.85. The van der Waals surface area contributed by atoms with Gasteiger partial charge in [-0.15, -0.1) is 0 Å². The summed E-state index contributed by atoms with van der Waals surface area (Å²) in [6.07, 6.45) is 9.81. The lowest BCUT2D eigenvalue weighted by Crippen LogP contribution is -2.36. The molecule has 3 heterocycles. The van der Waals surface area contributed by atoms with Crippen LogP contribution in [-0.4, -0.2) is 47.1 Å². The molecule has 2 aromatic heterocycles. The van der Waals surface area contributed by atoms with Crippen molar-refractivity contribution >= 4 is 11.5 Å². The molecule has 2 aliphatic rings. The molecule has 25 heavy (non-hydrogen) atoms. The van der Waals surface area contributed by atoms with E-state index in [1.165, 1.54) is 5.69 Å². The Morgan fingerprint density at radius 1 is 1.20 bits per heavy atom. The minimum absolute atomic E-state index is 0.449. The fraction of sp³-hybridized carbons (Fsp3) is 0.474. The molecular weight excluding hydrogens is 314 g/mol. The van der Waals surface area contributed by atoms with E-state index in [1.807, 2.05) is 23.9 Å². The van der Waals surface area contributed by atoms with Crippen LogP contribution in [0.15, 0.2) is 36.5 Å². The summed E-state index contributed by atoms with van der Waals surface area (Å²) in [5.41, 5.74) is 2.17. The number of aromatic nitrogens is 3. The number of aryl methyl sites for hydroxylation is 1. The lowest BCUT2D eigenvalue weighted by atomic mass is 10.0. The van der Waals surface area contributed by atoms with Gasteiger partial charge in [-0.25, -0.2) is 9.67 Å². The Labute approximate surface area is 148 Å². The van der Waals surface area contributed by atoms with Crippen LogP contribution >= 0.6 is 0 Å². The lowest BCUT2D eigenvalue weighted by Gasteiger charge is -2.30. The van der Waals surface area contributed by atoms with Gasteiger partial charge in [-0.2, -0.15) is 5.10 Å². The van der Waals surface area contributed by atoms with Gasteiger partial charge in [0, 0.05) is 43.1 Å². The Balaban J connectivity index is 1.65. The van der Waals surface area contributed by atoms with Crippen LogP contribution in [0, 0.1) is 6.92 Å². The van der Waals surface area contributed by atoms with Crippen molar-refractivity contribution in [2.24, 2.45) is 0 Å². The van der Waals surface area contributed by atoms with Crippen molar-refractivity contribution in [3.63, 3.8) is 0 Å². The normalized spacial score (nSPS) is 20.7. The van der Waals surface area contributed by atoms with E-state index in [4.69, 9.17) is 9.72 Å². The Morgan fingerprint density at radius 2 is 2.08 bits per heavy atom. The van der Waals surface area contributed by atoms with Crippen LogP contribution in [-0.2, 0) is 4.74 Å². The van der Waals surface area contributed by atoms with Gasteiger partial charge in [0.05, 0.1) is 18.9 Å². The van der Waals surface area contributed by atoms with Crippen LogP contribution in [0.5, 0.6) is 0 Å².